The predicted octanol–water partition coefficient (Wildman–Crippen LogP) is 5.17. The Kier molecular flexibility index (Phi) is 58.2. The quantitative estimate of drug-likeness (QED) is 0.0780. The molecule has 0 bridgehead atoms. The number of methoxy groups -OCH3 is 2. The van der Waals surface area contributed by atoms with Crippen LogP contribution < -0.4 is 0 Å². The van der Waals surface area contributed by atoms with Crippen molar-refractivity contribution in [2.75, 3.05) is 318 Å². The molecular formula is C65H114O24. The van der Waals surface area contributed by atoms with E-state index in [1.807, 2.05) is 0 Å². The van der Waals surface area contributed by atoms with Crippen LogP contribution in [0, 0.1) is 0 Å². The smallest absolute Gasteiger partial charge is 0.0701 e. The van der Waals surface area contributed by atoms with Gasteiger partial charge in [0.15, 0.2) is 0 Å². The summed E-state index contributed by atoms with van der Waals surface area (Å²) >= 11 is 0. The minimum Gasteiger partial charge on any atom is -0.382 e. The van der Waals surface area contributed by atoms with Gasteiger partial charge in [-0.05, 0) is 47.9 Å². The van der Waals surface area contributed by atoms with Gasteiger partial charge in [0.05, 0.1) is 291 Å². The van der Waals surface area contributed by atoms with Crippen LogP contribution in [0.25, 0.3) is 11.1 Å². The average molecular weight is 1280 g/mol. The minimum atomic E-state index is -0.104. The van der Waals surface area contributed by atoms with Gasteiger partial charge in [-0.15, -0.1) is 0 Å². The van der Waals surface area contributed by atoms with E-state index in [1.54, 1.807) is 14.2 Å². The van der Waals surface area contributed by atoms with E-state index in [0.29, 0.717) is 304 Å². The van der Waals surface area contributed by atoms with Crippen molar-refractivity contribution in [3.63, 3.8) is 0 Å². The number of ether oxygens (including phenoxy) is 24. The fraction of sp³-hybridized carbons (Fsp3) is 0.815. The Morgan fingerprint density at radius 2 is 0.337 bits per heavy atom. The molecule has 0 aromatic heterocycles. The number of hydrogen-bond donors (Lipinski definition) is 0. The first kappa shape index (κ1) is 80.7. The molecule has 24 nitrogen and oxygen atoms in total. The number of fused-ring (bicyclic) bond motifs is 3. The number of hydrogen-bond acceptors (Lipinski definition) is 24. The van der Waals surface area contributed by atoms with E-state index in [4.69, 9.17) is 114 Å². The fourth-order valence-corrected chi connectivity index (χ4v) is 8.92. The van der Waals surface area contributed by atoms with Gasteiger partial charge in [0, 0.05) is 32.8 Å². The van der Waals surface area contributed by atoms with E-state index in [-0.39, 0.29) is 5.41 Å². The van der Waals surface area contributed by atoms with Gasteiger partial charge in [-0.1, -0.05) is 48.5 Å². The molecule has 0 heterocycles. The second-order valence-corrected chi connectivity index (χ2v) is 19.8. The van der Waals surface area contributed by atoms with E-state index in [0.717, 1.165) is 25.7 Å². The third-order valence-electron chi connectivity index (χ3n) is 13.3. The maximum absolute atomic E-state index is 6.06. The van der Waals surface area contributed by atoms with Gasteiger partial charge in [-0.25, -0.2) is 0 Å². The van der Waals surface area contributed by atoms with Gasteiger partial charge in [0.1, 0.15) is 0 Å². The first-order valence-electron chi connectivity index (χ1n) is 32.2. The summed E-state index contributed by atoms with van der Waals surface area (Å²) in [4.78, 5) is 0. The SMILES string of the molecule is COCCOCCOCCOCCOCCOCCOCCOCCOCCOCCOCCOCCCC1(CCCOCCOCCOCCOCCOCCOCCOCCOCCOCCOCCOCCOC)c2ccccc2-c2ccccc21. The topological polar surface area (TPSA) is 222 Å². The molecule has 0 saturated heterocycles. The lowest BCUT2D eigenvalue weighted by Crippen LogP contribution is -2.27. The van der Waals surface area contributed by atoms with Gasteiger partial charge < -0.3 is 114 Å². The highest BCUT2D eigenvalue weighted by molar-refractivity contribution is 5.81. The molecule has 0 radical (unpaired) electrons. The van der Waals surface area contributed by atoms with Crippen LogP contribution in [-0.2, 0) is 119 Å². The Morgan fingerprint density at radius 1 is 0.191 bits per heavy atom. The van der Waals surface area contributed by atoms with Crippen LogP contribution in [0.2, 0.25) is 0 Å². The first-order valence-corrected chi connectivity index (χ1v) is 32.2. The van der Waals surface area contributed by atoms with Crippen molar-refractivity contribution >= 4 is 0 Å². The molecule has 0 saturated carbocycles. The highest BCUT2D eigenvalue weighted by Gasteiger charge is 2.41. The summed E-state index contributed by atoms with van der Waals surface area (Å²) in [5.74, 6) is 0. The molecule has 0 fully saturated rings. The second-order valence-electron chi connectivity index (χ2n) is 19.8. The molecule has 0 amide bonds. The van der Waals surface area contributed by atoms with Crippen LogP contribution >= 0.6 is 0 Å². The zero-order valence-electron chi connectivity index (χ0n) is 54.3. The fourth-order valence-electron chi connectivity index (χ4n) is 8.92. The molecule has 24 heteroatoms. The van der Waals surface area contributed by atoms with Gasteiger partial charge in [-0.2, -0.15) is 0 Å². The summed E-state index contributed by atoms with van der Waals surface area (Å²) in [7, 11) is 3.29. The number of rotatable bonds is 74. The lowest BCUT2D eigenvalue weighted by atomic mass is 9.71. The molecule has 2 aromatic carbocycles. The summed E-state index contributed by atoms with van der Waals surface area (Å²) in [6.07, 6.45) is 3.81. The first-order chi connectivity index (χ1) is 44.3. The Morgan fingerprint density at radius 3 is 0.506 bits per heavy atom. The molecule has 0 atom stereocenters. The van der Waals surface area contributed by atoms with E-state index in [9.17, 15) is 0 Å². The zero-order chi connectivity index (χ0) is 62.8. The van der Waals surface area contributed by atoms with Crippen molar-refractivity contribution in [1.29, 1.82) is 0 Å². The van der Waals surface area contributed by atoms with Crippen LogP contribution in [-0.4, -0.2) is 318 Å². The second kappa shape index (κ2) is 64.2. The third kappa shape index (κ3) is 46.3. The molecule has 0 N–H and O–H groups in total. The van der Waals surface area contributed by atoms with Crippen LogP contribution in [0.5, 0.6) is 0 Å². The molecule has 518 valence electrons. The van der Waals surface area contributed by atoms with Crippen molar-refractivity contribution in [2.24, 2.45) is 0 Å². The average Bonchev–Trinajstić information content (AvgIpc) is 1.60. The van der Waals surface area contributed by atoms with Gasteiger partial charge in [-0.3, -0.25) is 0 Å². The van der Waals surface area contributed by atoms with E-state index >= 15 is 0 Å². The standard InChI is InChI=1S/C65H114O24/c1-66-17-19-70-25-27-74-33-35-78-41-43-82-49-51-86-57-59-88-55-53-84-47-45-80-39-37-76-31-29-72-23-21-68-15-7-13-65(63-11-5-3-9-61(63)62-10-4-6-12-64(62)65)14-8-16-69-22-24-73-30-32-77-38-40-81-46-48-85-54-56-89-60-58-87-52-50-83-44-42-79-36-34-75-28-26-71-20-18-67-2/h3-6,9-12H,7-8,13-60H2,1-2H3. The maximum Gasteiger partial charge on any atom is 0.0701 e. The third-order valence-corrected chi connectivity index (χ3v) is 13.3. The summed E-state index contributed by atoms with van der Waals surface area (Å²) in [6.45, 7) is 24.0. The molecular weight excluding hydrogens is 1160 g/mol. The monoisotopic (exact) mass is 1280 g/mol. The molecule has 1 aliphatic carbocycles. The predicted molar refractivity (Wildman–Crippen MR) is 333 cm³/mol. The van der Waals surface area contributed by atoms with Gasteiger partial charge in [0.25, 0.3) is 0 Å². The molecule has 0 unspecified atom stereocenters. The lowest BCUT2D eigenvalue weighted by Gasteiger charge is -2.32. The van der Waals surface area contributed by atoms with Crippen LogP contribution in [0.15, 0.2) is 48.5 Å². The van der Waals surface area contributed by atoms with E-state index in [1.165, 1.54) is 22.3 Å². The van der Waals surface area contributed by atoms with Crippen LogP contribution in [0.4, 0.5) is 0 Å². The van der Waals surface area contributed by atoms with Crippen LogP contribution in [0.3, 0.4) is 0 Å². The summed E-state index contributed by atoms with van der Waals surface area (Å²) < 4.78 is 133. The normalized spacial score (nSPS) is 12.7. The van der Waals surface area contributed by atoms with Crippen molar-refractivity contribution in [3.8, 4) is 11.1 Å². The highest BCUT2D eigenvalue weighted by Crippen LogP contribution is 2.53. The Bertz CT molecular complexity index is 1630. The van der Waals surface area contributed by atoms with Crippen LogP contribution in [0.1, 0.15) is 36.8 Å². The van der Waals surface area contributed by atoms with E-state index < -0.39 is 0 Å². The summed E-state index contributed by atoms with van der Waals surface area (Å²) in [5, 5.41) is 0. The van der Waals surface area contributed by atoms with Gasteiger partial charge in [0.2, 0.25) is 0 Å². The molecule has 0 spiro atoms. The van der Waals surface area contributed by atoms with Crippen molar-refractivity contribution in [2.45, 2.75) is 31.1 Å². The maximum atomic E-state index is 6.06. The molecule has 1 aliphatic rings. The van der Waals surface area contributed by atoms with Gasteiger partial charge >= 0.3 is 0 Å². The molecule has 2 aromatic rings. The van der Waals surface area contributed by atoms with Crippen molar-refractivity contribution < 1.29 is 114 Å². The molecule has 89 heavy (non-hydrogen) atoms. The highest BCUT2D eigenvalue weighted by atomic mass is 16.6. The van der Waals surface area contributed by atoms with E-state index in [2.05, 4.69) is 48.5 Å². The number of benzene rings is 2. The zero-order valence-corrected chi connectivity index (χ0v) is 54.3. The van der Waals surface area contributed by atoms with Crippen molar-refractivity contribution in [3.05, 3.63) is 59.7 Å². The van der Waals surface area contributed by atoms with Crippen molar-refractivity contribution in [1.82, 2.24) is 0 Å². The largest absolute Gasteiger partial charge is 0.382 e. The molecule has 3 rings (SSSR count). The summed E-state index contributed by atoms with van der Waals surface area (Å²) in [6, 6.07) is 17.7. The Hall–Kier alpha value is -2.52. The molecule has 0 aliphatic heterocycles. The lowest BCUT2D eigenvalue weighted by molar-refractivity contribution is -0.0281. The minimum absolute atomic E-state index is 0.104. The summed E-state index contributed by atoms with van der Waals surface area (Å²) in [5.41, 5.74) is 5.33. The Balaban J connectivity index is 1.04. The Labute approximate surface area is 532 Å².